The van der Waals surface area contributed by atoms with Gasteiger partial charge in [-0.3, -0.25) is 9.78 Å². The quantitative estimate of drug-likeness (QED) is 0.503. The number of nitrogens with zero attached hydrogens (tertiary/aromatic N) is 1. The molecule has 0 amide bonds. The van der Waals surface area contributed by atoms with Crippen LogP contribution in [0.5, 0.6) is 11.5 Å². The van der Waals surface area contributed by atoms with Gasteiger partial charge in [-0.25, -0.2) is 0 Å². The first-order chi connectivity index (χ1) is 11.3. The van der Waals surface area contributed by atoms with Crippen LogP contribution in [0.2, 0.25) is 0 Å². The predicted molar refractivity (Wildman–Crippen MR) is 90.6 cm³/mol. The molecule has 0 spiro atoms. The van der Waals surface area contributed by atoms with Crippen LogP contribution in [0.25, 0.3) is 6.08 Å². The highest BCUT2D eigenvalue weighted by Crippen LogP contribution is 2.22. The van der Waals surface area contributed by atoms with Crippen molar-refractivity contribution >= 4 is 11.9 Å². The number of hydrogen-bond acceptors (Lipinski definition) is 3. The monoisotopic (exact) mass is 301 g/mol. The Labute approximate surface area is 134 Å². The van der Waals surface area contributed by atoms with E-state index in [2.05, 4.69) is 4.98 Å². The standard InChI is InChI=1S/C20H15NO2/c22-20(17-7-5-13-21-15-17)12-11-16-6-4-10-19(14-16)23-18-8-2-1-3-9-18/h1-15H/b12-11+. The summed E-state index contributed by atoms with van der Waals surface area (Å²) >= 11 is 0. The second-order valence-electron chi connectivity index (χ2n) is 4.93. The molecule has 0 bridgehead atoms. The molecule has 3 aromatic rings. The molecule has 0 atom stereocenters. The van der Waals surface area contributed by atoms with E-state index in [0.29, 0.717) is 5.56 Å². The van der Waals surface area contributed by atoms with Crippen LogP contribution < -0.4 is 4.74 Å². The third kappa shape index (κ3) is 4.14. The maximum Gasteiger partial charge on any atom is 0.187 e. The average molecular weight is 301 g/mol. The second kappa shape index (κ2) is 7.18. The van der Waals surface area contributed by atoms with Crippen molar-refractivity contribution in [3.8, 4) is 11.5 Å². The van der Waals surface area contributed by atoms with Gasteiger partial charge in [0.1, 0.15) is 11.5 Å². The Bertz CT molecular complexity index is 811. The molecule has 0 aliphatic heterocycles. The summed E-state index contributed by atoms with van der Waals surface area (Å²) in [6, 6.07) is 20.7. The number of ether oxygens (including phenoxy) is 1. The number of pyridine rings is 1. The van der Waals surface area contributed by atoms with E-state index < -0.39 is 0 Å². The van der Waals surface area contributed by atoms with E-state index in [4.69, 9.17) is 4.74 Å². The van der Waals surface area contributed by atoms with Gasteiger partial charge in [-0.15, -0.1) is 0 Å². The number of ketones is 1. The molecule has 112 valence electrons. The third-order valence-electron chi connectivity index (χ3n) is 3.21. The maximum atomic E-state index is 12.0. The molecule has 0 radical (unpaired) electrons. The lowest BCUT2D eigenvalue weighted by atomic mass is 10.1. The molecule has 0 saturated heterocycles. The van der Waals surface area contributed by atoms with Gasteiger partial charge in [-0.2, -0.15) is 0 Å². The number of aromatic nitrogens is 1. The van der Waals surface area contributed by atoms with E-state index in [1.807, 2.05) is 54.6 Å². The van der Waals surface area contributed by atoms with Crippen molar-refractivity contribution in [1.82, 2.24) is 4.98 Å². The van der Waals surface area contributed by atoms with Crippen LogP contribution in [0.3, 0.4) is 0 Å². The van der Waals surface area contributed by atoms with Crippen LogP contribution in [0.15, 0.2) is 85.2 Å². The van der Waals surface area contributed by atoms with Crippen LogP contribution >= 0.6 is 0 Å². The third-order valence-corrected chi connectivity index (χ3v) is 3.21. The van der Waals surface area contributed by atoms with Gasteiger partial charge >= 0.3 is 0 Å². The van der Waals surface area contributed by atoms with Gasteiger partial charge < -0.3 is 4.74 Å². The number of carbonyl (C=O) groups is 1. The van der Waals surface area contributed by atoms with Crippen molar-refractivity contribution in [3.05, 3.63) is 96.3 Å². The van der Waals surface area contributed by atoms with Crippen molar-refractivity contribution in [2.75, 3.05) is 0 Å². The Morgan fingerprint density at radius 3 is 2.52 bits per heavy atom. The van der Waals surface area contributed by atoms with Crippen molar-refractivity contribution in [2.24, 2.45) is 0 Å². The minimum atomic E-state index is -0.0764. The number of benzene rings is 2. The Balaban J connectivity index is 1.72. The molecule has 0 aliphatic carbocycles. The summed E-state index contributed by atoms with van der Waals surface area (Å²) in [7, 11) is 0. The van der Waals surface area contributed by atoms with Crippen LogP contribution in [0.4, 0.5) is 0 Å². The molecule has 1 aromatic heterocycles. The molecule has 23 heavy (non-hydrogen) atoms. The van der Waals surface area contributed by atoms with Gasteiger partial charge in [0.25, 0.3) is 0 Å². The van der Waals surface area contributed by atoms with E-state index in [1.54, 1.807) is 36.7 Å². The number of rotatable bonds is 5. The molecule has 3 nitrogen and oxygen atoms in total. The average Bonchev–Trinajstić information content (AvgIpc) is 2.62. The number of hydrogen-bond donors (Lipinski definition) is 0. The summed E-state index contributed by atoms with van der Waals surface area (Å²) in [4.78, 5) is 16.0. The van der Waals surface area contributed by atoms with Crippen molar-refractivity contribution < 1.29 is 9.53 Å². The Morgan fingerprint density at radius 2 is 1.74 bits per heavy atom. The van der Waals surface area contributed by atoms with Crippen molar-refractivity contribution in [2.45, 2.75) is 0 Å². The topological polar surface area (TPSA) is 39.2 Å². The van der Waals surface area contributed by atoms with E-state index >= 15 is 0 Å². The lowest BCUT2D eigenvalue weighted by Gasteiger charge is -2.05. The first kappa shape index (κ1) is 14.7. The SMILES string of the molecule is O=C(/C=C/c1cccc(Oc2ccccc2)c1)c1cccnc1. The summed E-state index contributed by atoms with van der Waals surface area (Å²) in [5.41, 5.74) is 1.47. The van der Waals surface area contributed by atoms with Crippen molar-refractivity contribution in [1.29, 1.82) is 0 Å². The molecule has 2 aromatic carbocycles. The zero-order valence-electron chi connectivity index (χ0n) is 12.4. The summed E-state index contributed by atoms with van der Waals surface area (Å²) in [5.74, 6) is 1.43. The van der Waals surface area contributed by atoms with Crippen LogP contribution in [0.1, 0.15) is 15.9 Å². The normalized spacial score (nSPS) is 10.6. The zero-order chi connectivity index (χ0) is 15.9. The fraction of sp³-hybridized carbons (Fsp3) is 0. The lowest BCUT2D eigenvalue weighted by molar-refractivity contribution is 0.104. The summed E-state index contributed by atoms with van der Waals surface area (Å²) in [5, 5.41) is 0. The number of para-hydroxylation sites is 1. The number of allylic oxidation sites excluding steroid dienone is 1. The van der Waals surface area contributed by atoms with Gasteiger partial charge in [0.15, 0.2) is 5.78 Å². The van der Waals surface area contributed by atoms with Gasteiger partial charge in [0.2, 0.25) is 0 Å². The molecule has 0 aliphatic rings. The Morgan fingerprint density at radius 1 is 0.913 bits per heavy atom. The maximum absolute atomic E-state index is 12.0. The van der Waals surface area contributed by atoms with Gasteiger partial charge in [0, 0.05) is 18.0 Å². The van der Waals surface area contributed by atoms with E-state index in [-0.39, 0.29) is 5.78 Å². The molecule has 3 heteroatoms. The first-order valence-electron chi connectivity index (χ1n) is 7.27. The van der Waals surface area contributed by atoms with Crippen LogP contribution in [-0.4, -0.2) is 10.8 Å². The summed E-state index contributed by atoms with van der Waals surface area (Å²) in [6.07, 6.45) is 6.51. The summed E-state index contributed by atoms with van der Waals surface area (Å²) in [6.45, 7) is 0. The van der Waals surface area contributed by atoms with E-state index in [0.717, 1.165) is 17.1 Å². The highest BCUT2D eigenvalue weighted by Gasteiger charge is 2.01. The Hall–Kier alpha value is -3.20. The summed E-state index contributed by atoms with van der Waals surface area (Å²) < 4.78 is 5.78. The molecule has 0 N–H and O–H groups in total. The molecular weight excluding hydrogens is 286 g/mol. The second-order valence-corrected chi connectivity index (χ2v) is 4.93. The molecule has 1 heterocycles. The highest BCUT2D eigenvalue weighted by molar-refractivity contribution is 6.06. The minimum absolute atomic E-state index is 0.0764. The van der Waals surface area contributed by atoms with Gasteiger partial charge in [-0.1, -0.05) is 36.4 Å². The zero-order valence-corrected chi connectivity index (χ0v) is 12.4. The fourth-order valence-corrected chi connectivity index (χ4v) is 2.08. The molecular formula is C20H15NO2. The highest BCUT2D eigenvalue weighted by atomic mass is 16.5. The largest absolute Gasteiger partial charge is 0.457 e. The molecule has 3 rings (SSSR count). The molecule has 0 fully saturated rings. The van der Waals surface area contributed by atoms with Crippen LogP contribution in [-0.2, 0) is 0 Å². The van der Waals surface area contributed by atoms with Gasteiger partial charge in [0.05, 0.1) is 0 Å². The van der Waals surface area contributed by atoms with Gasteiger partial charge in [-0.05, 0) is 48.0 Å². The lowest BCUT2D eigenvalue weighted by Crippen LogP contribution is -1.94. The predicted octanol–water partition coefficient (Wildman–Crippen LogP) is 4.77. The fourth-order valence-electron chi connectivity index (χ4n) is 2.08. The van der Waals surface area contributed by atoms with E-state index in [1.165, 1.54) is 0 Å². The smallest absolute Gasteiger partial charge is 0.187 e. The molecule has 0 unspecified atom stereocenters. The van der Waals surface area contributed by atoms with Crippen molar-refractivity contribution in [3.63, 3.8) is 0 Å². The molecule has 0 saturated carbocycles. The first-order valence-corrected chi connectivity index (χ1v) is 7.27. The Kier molecular flexibility index (Phi) is 4.60. The minimum Gasteiger partial charge on any atom is -0.457 e. The number of carbonyl (C=O) groups excluding carboxylic acids is 1. The van der Waals surface area contributed by atoms with Crippen LogP contribution in [0, 0.1) is 0 Å². The van der Waals surface area contributed by atoms with E-state index in [9.17, 15) is 4.79 Å².